The highest BCUT2D eigenvalue weighted by Crippen LogP contribution is 2.34. The van der Waals surface area contributed by atoms with Gasteiger partial charge in [0, 0.05) is 34.4 Å². The fourth-order valence-electron chi connectivity index (χ4n) is 3.30. The van der Waals surface area contributed by atoms with E-state index in [0.29, 0.717) is 17.3 Å². The molecule has 1 atom stereocenters. The Morgan fingerprint density at radius 2 is 2.18 bits per heavy atom. The number of hydrogen-bond donors (Lipinski definition) is 2. The molecule has 0 spiro atoms. The highest BCUT2D eigenvalue weighted by Gasteiger charge is 2.21. The van der Waals surface area contributed by atoms with Gasteiger partial charge in [0.05, 0.1) is 5.69 Å². The molecule has 150 valence electrons. The fourth-order valence-corrected chi connectivity index (χ4v) is 3.48. The number of aromatic nitrogens is 3. The number of anilines is 1. The first kappa shape index (κ1) is 20.4. The molecule has 1 aliphatic heterocycles. The molecule has 0 bridgehead atoms. The lowest BCUT2D eigenvalue weighted by Gasteiger charge is -2.30. The van der Waals surface area contributed by atoms with E-state index in [2.05, 4.69) is 32.4 Å². The van der Waals surface area contributed by atoms with Crippen molar-refractivity contribution < 1.29 is 8.78 Å². The monoisotopic (exact) mass is 408 g/mol. The van der Waals surface area contributed by atoms with Crippen molar-refractivity contribution in [3.05, 3.63) is 40.2 Å². The second-order valence-electron chi connectivity index (χ2n) is 7.04. The number of alkyl halides is 2. The molecule has 2 heterocycles. The van der Waals surface area contributed by atoms with Crippen molar-refractivity contribution in [3.8, 4) is 11.3 Å². The summed E-state index contributed by atoms with van der Waals surface area (Å²) < 4.78 is 27.1. The quantitative estimate of drug-likeness (QED) is 0.779. The molecule has 6 nitrogen and oxygen atoms in total. The van der Waals surface area contributed by atoms with Gasteiger partial charge < -0.3 is 16.0 Å². The van der Waals surface area contributed by atoms with E-state index >= 15 is 0 Å². The van der Waals surface area contributed by atoms with Gasteiger partial charge in [-0.3, -0.25) is 0 Å². The van der Waals surface area contributed by atoms with Crippen molar-refractivity contribution in [1.82, 2.24) is 20.1 Å². The topological polar surface area (TPSA) is 80.0 Å². The number of likely N-dealkylation sites (tertiary alicyclic amines) is 1. The van der Waals surface area contributed by atoms with E-state index in [4.69, 9.17) is 17.3 Å². The van der Waals surface area contributed by atoms with Crippen LogP contribution < -0.4 is 11.1 Å². The SMILES string of the molecule is CC(N)=Cc1nc(NC2CCCN(C)C2)nnc1-c1ccc(Cl)cc1C(F)F. The van der Waals surface area contributed by atoms with Gasteiger partial charge in [-0.05, 0) is 51.6 Å². The number of likely N-dealkylation sites (N-methyl/N-ethyl adjacent to an activating group) is 1. The minimum Gasteiger partial charge on any atom is -0.402 e. The van der Waals surface area contributed by atoms with E-state index < -0.39 is 6.43 Å². The summed E-state index contributed by atoms with van der Waals surface area (Å²) in [5.41, 5.74) is 6.94. The predicted molar refractivity (Wildman–Crippen MR) is 107 cm³/mol. The van der Waals surface area contributed by atoms with Crippen LogP contribution in [0.3, 0.4) is 0 Å². The first-order valence-electron chi connectivity index (χ1n) is 9.05. The van der Waals surface area contributed by atoms with Crippen LogP contribution >= 0.6 is 11.6 Å². The van der Waals surface area contributed by atoms with Gasteiger partial charge in [0.2, 0.25) is 5.95 Å². The Kier molecular flexibility index (Phi) is 6.41. The Balaban J connectivity index is 1.99. The first-order valence-corrected chi connectivity index (χ1v) is 9.43. The molecule has 0 radical (unpaired) electrons. The molecule has 28 heavy (non-hydrogen) atoms. The number of allylic oxidation sites excluding steroid dienone is 1. The van der Waals surface area contributed by atoms with Crippen molar-refractivity contribution in [2.45, 2.75) is 32.2 Å². The number of nitrogens with one attached hydrogen (secondary N) is 1. The third-order valence-corrected chi connectivity index (χ3v) is 4.77. The minimum absolute atomic E-state index is 0.203. The Bertz CT molecular complexity index is 869. The van der Waals surface area contributed by atoms with E-state index in [9.17, 15) is 8.78 Å². The lowest BCUT2D eigenvalue weighted by atomic mass is 10.0. The molecule has 3 rings (SSSR count). The molecule has 0 aliphatic carbocycles. The van der Waals surface area contributed by atoms with Crippen LogP contribution in [0, 0.1) is 0 Å². The lowest BCUT2D eigenvalue weighted by molar-refractivity contribution is 0.152. The average molecular weight is 409 g/mol. The molecule has 0 amide bonds. The van der Waals surface area contributed by atoms with Crippen molar-refractivity contribution in [2.75, 3.05) is 25.5 Å². The molecule has 1 saturated heterocycles. The molecule has 1 aliphatic rings. The van der Waals surface area contributed by atoms with Crippen LogP contribution in [0.1, 0.15) is 37.4 Å². The zero-order chi connectivity index (χ0) is 20.3. The van der Waals surface area contributed by atoms with Gasteiger partial charge in [-0.15, -0.1) is 10.2 Å². The van der Waals surface area contributed by atoms with E-state index in [1.54, 1.807) is 13.0 Å². The second-order valence-corrected chi connectivity index (χ2v) is 7.47. The molecular weight excluding hydrogens is 386 g/mol. The zero-order valence-corrected chi connectivity index (χ0v) is 16.5. The number of nitrogens with two attached hydrogens (primary N) is 1. The Labute approximate surface area is 167 Å². The van der Waals surface area contributed by atoms with Crippen molar-refractivity contribution in [3.63, 3.8) is 0 Å². The molecule has 3 N–H and O–H groups in total. The smallest absolute Gasteiger partial charge is 0.264 e. The van der Waals surface area contributed by atoms with Crippen molar-refractivity contribution in [1.29, 1.82) is 0 Å². The summed E-state index contributed by atoms with van der Waals surface area (Å²) in [6.45, 7) is 3.63. The first-order chi connectivity index (χ1) is 13.3. The van der Waals surface area contributed by atoms with Gasteiger partial charge in [-0.2, -0.15) is 0 Å². The summed E-state index contributed by atoms with van der Waals surface area (Å²) in [7, 11) is 2.06. The summed E-state index contributed by atoms with van der Waals surface area (Å²) in [5, 5.41) is 11.8. The summed E-state index contributed by atoms with van der Waals surface area (Å²) in [5.74, 6) is 0.351. The summed E-state index contributed by atoms with van der Waals surface area (Å²) in [4.78, 5) is 6.73. The van der Waals surface area contributed by atoms with Gasteiger partial charge in [-0.1, -0.05) is 17.7 Å². The summed E-state index contributed by atoms with van der Waals surface area (Å²) in [6.07, 6.45) is 0.980. The number of hydrogen-bond acceptors (Lipinski definition) is 6. The zero-order valence-electron chi connectivity index (χ0n) is 15.8. The van der Waals surface area contributed by atoms with Crippen LogP contribution in [0.2, 0.25) is 5.02 Å². The second kappa shape index (κ2) is 8.79. The van der Waals surface area contributed by atoms with E-state index in [1.165, 1.54) is 18.2 Å². The number of piperidine rings is 1. The van der Waals surface area contributed by atoms with Crippen LogP contribution in [0.25, 0.3) is 17.3 Å². The maximum atomic E-state index is 13.5. The maximum Gasteiger partial charge on any atom is 0.264 e. The lowest BCUT2D eigenvalue weighted by Crippen LogP contribution is -2.40. The Hall–Kier alpha value is -2.32. The van der Waals surface area contributed by atoms with Crippen molar-refractivity contribution >= 4 is 23.6 Å². The van der Waals surface area contributed by atoms with Gasteiger partial charge in [-0.25, -0.2) is 13.8 Å². The van der Waals surface area contributed by atoms with Crippen LogP contribution in [0.4, 0.5) is 14.7 Å². The molecule has 9 heteroatoms. The predicted octanol–water partition coefficient (Wildman–Crippen LogP) is 3.96. The van der Waals surface area contributed by atoms with Crippen LogP contribution in [0.15, 0.2) is 23.9 Å². The standard InChI is InChI=1S/C19H23ClF2N6/c1-11(23)8-16-17(14-6-5-12(20)9-15(14)18(21)22)26-27-19(25-16)24-13-4-3-7-28(2)10-13/h5-6,8-9,13,18H,3-4,7,10,23H2,1-2H3,(H,24,25,27). The van der Waals surface area contributed by atoms with Gasteiger partial charge in [0.25, 0.3) is 6.43 Å². The van der Waals surface area contributed by atoms with Crippen LogP contribution in [0.5, 0.6) is 0 Å². The van der Waals surface area contributed by atoms with E-state index in [0.717, 1.165) is 25.9 Å². The van der Waals surface area contributed by atoms with Crippen LogP contribution in [-0.2, 0) is 0 Å². The highest BCUT2D eigenvalue weighted by atomic mass is 35.5. The molecule has 1 unspecified atom stereocenters. The van der Waals surface area contributed by atoms with E-state index in [1.807, 2.05) is 0 Å². The largest absolute Gasteiger partial charge is 0.402 e. The normalized spacial score (nSPS) is 18.5. The molecular formula is C19H23ClF2N6. The Morgan fingerprint density at radius 1 is 1.39 bits per heavy atom. The van der Waals surface area contributed by atoms with Gasteiger partial charge in [0.15, 0.2) is 0 Å². The van der Waals surface area contributed by atoms with Crippen molar-refractivity contribution in [2.24, 2.45) is 5.73 Å². The summed E-state index contributed by atoms with van der Waals surface area (Å²) >= 11 is 5.89. The molecule has 0 saturated carbocycles. The van der Waals surface area contributed by atoms with Gasteiger partial charge in [0.1, 0.15) is 5.69 Å². The number of rotatable bonds is 5. The maximum absolute atomic E-state index is 13.5. The molecule has 1 aromatic carbocycles. The minimum atomic E-state index is -2.71. The Morgan fingerprint density at radius 3 is 2.86 bits per heavy atom. The number of nitrogens with zero attached hydrogens (tertiary/aromatic N) is 4. The average Bonchev–Trinajstić information content (AvgIpc) is 2.62. The third-order valence-electron chi connectivity index (χ3n) is 4.54. The molecule has 1 fully saturated rings. The number of halogens is 3. The van der Waals surface area contributed by atoms with Crippen LogP contribution in [-0.4, -0.2) is 46.3 Å². The third kappa shape index (κ3) is 4.94. The van der Waals surface area contributed by atoms with E-state index in [-0.39, 0.29) is 27.9 Å². The molecule has 2 aromatic rings. The summed E-state index contributed by atoms with van der Waals surface area (Å²) in [6, 6.07) is 4.48. The number of benzene rings is 1. The van der Waals surface area contributed by atoms with Gasteiger partial charge >= 0.3 is 0 Å². The molecule has 1 aromatic heterocycles. The fraction of sp³-hybridized carbons (Fsp3) is 0.421. The highest BCUT2D eigenvalue weighted by molar-refractivity contribution is 6.30.